The number of piperidine rings is 1. The zero-order valence-electron chi connectivity index (χ0n) is 14.0. The molecular weight excluding hydrogens is 312 g/mol. The van der Waals surface area contributed by atoms with E-state index >= 15 is 0 Å². The maximum absolute atomic E-state index is 12.7. The van der Waals surface area contributed by atoms with Crippen molar-refractivity contribution < 1.29 is 8.42 Å². The number of aromatic nitrogens is 2. The van der Waals surface area contributed by atoms with Crippen LogP contribution in [0, 0.1) is 13.8 Å². The summed E-state index contributed by atoms with van der Waals surface area (Å²) >= 11 is 0. The normalized spacial score (nSPS) is 23.4. The van der Waals surface area contributed by atoms with E-state index in [1.54, 1.807) is 0 Å². The summed E-state index contributed by atoms with van der Waals surface area (Å²) in [4.78, 5) is 11.0. The van der Waals surface area contributed by atoms with Crippen LogP contribution in [0.15, 0.2) is 6.07 Å². The van der Waals surface area contributed by atoms with Gasteiger partial charge in [-0.1, -0.05) is 12.8 Å². The van der Waals surface area contributed by atoms with Crippen molar-refractivity contribution in [1.82, 2.24) is 14.7 Å². The van der Waals surface area contributed by atoms with Crippen molar-refractivity contribution in [2.45, 2.75) is 63.7 Å². The van der Waals surface area contributed by atoms with E-state index in [1.807, 2.05) is 24.8 Å². The Kier molecular flexibility index (Phi) is 4.87. The fourth-order valence-corrected chi connectivity index (χ4v) is 5.34. The molecule has 7 heteroatoms. The van der Waals surface area contributed by atoms with Crippen LogP contribution in [0.1, 0.15) is 49.9 Å². The van der Waals surface area contributed by atoms with Gasteiger partial charge in [-0.15, -0.1) is 0 Å². The van der Waals surface area contributed by atoms with Crippen molar-refractivity contribution >= 4 is 16.0 Å². The molecule has 23 heavy (non-hydrogen) atoms. The Morgan fingerprint density at radius 1 is 1.09 bits per heavy atom. The number of rotatable bonds is 4. The summed E-state index contributed by atoms with van der Waals surface area (Å²) in [6.45, 7) is 5.18. The van der Waals surface area contributed by atoms with Gasteiger partial charge in [-0.3, -0.25) is 0 Å². The predicted octanol–water partition coefficient (Wildman–Crippen LogP) is 1.92. The number of sulfonamides is 1. The van der Waals surface area contributed by atoms with Gasteiger partial charge >= 0.3 is 0 Å². The van der Waals surface area contributed by atoms with Gasteiger partial charge in [-0.05, 0) is 45.6 Å². The Morgan fingerprint density at radius 2 is 1.74 bits per heavy atom. The summed E-state index contributed by atoms with van der Waals surface area (Å²) in [7, 11) is -3.28. The minimum Gasteiger partial charge on any atom is -0.339 e. The quantitative estimate of drug-likeness (QED) is 0.908. The van der Waals surface area contributed by atoms with Gasteiger partial charge in [0.05, 0.1) is 5.25 Å². The average Bonchev–Trinajstić information content (AvgIpc) is 2.98. The first-order chi connectivity index (χ1) is 10.9. The summed E-state index contributed by atoms with van der Waals surface area (Å²) in [6.07, 6.45) is 5.75. The molecule has 3 rings (SSSR count). The number of nitrogens with zero attached hydrogens (tertiary/aromatic N) is 3. The zero-order valence-corrected chi connectivity index (χ0v) is 14.8. The van der Waals surface area contributed by atoms with Gasteiger partial charge in [-0.2, -0.15) is 0 Å². The smallest absolute Gasteiger partial charge is 0.225 e. The van der Waals surface area contributed by atoms with Crippen molar-refractivity contribution in [2.24, 2.45) is 0 Å². The van der Waals surface area contributed by atoms with Gasteiger partial charge in [0.25, 0.3) is 0 Å². The van der Waals surface area contributed by atoms with Gasteiger partial charge < -0.3 is 4.90 Å². The summed E-state index contributed by atoms with van der Waals surface area (Å²) in [6, 6.07) is 2.07. The van der Waals surface area contributed by atoms with Crippen LogP contribution in [-0.2, 0) is 10.0 Å². The molecule has 0 spiro atoms. The minimum absolute atomic E-state index is 0.132. The van der Waals surface area contributed by atoms with E-state index in [2.05, 4.69) is 14.7 Å². The van der Waals surface area contributed by atoms with Gasteiger partial charge in [0.1, 0.15) is 0 Å². The van der Waals surface area contributed by atoms with Gasteiger partial charge in [0, 0.05) is 30.5 Å². The fraction of sp³-hybridized carbons (Fsp3) is 0.750. The minimum atomic E-state index is -3.28. The first kappa shape index (κ1) is 16.6. The highest BCUT2D eigenvalue weighted by Gasteiger charge is 2.33. The molecule has 1 aliphatic carbocycles. The van der Waals surface area contributed by atoms with Crippen LogP contribution in [-0.4, -0.2) is 42.8 Å². The lowest BCUT2D eigenvalue weighted by Gasteiger charge is -2.33. The van der Waals surface area contributed by atoms with E-state index in [4.69, 9.17) is 0 Å². The van der Waals surface area contributed by atoms with Crippen LogP contribution >= 0.6 is 0 Å². The summed E-state index contributed by atoms with van der Waals surface area (Å²) in [5.41, 5.74) is 1.84. The Morgan fingerprint density at radius 3 is 2.39 bits per heavy atom. The molecule has 128 valence electrons. The summed E-state index contributed by atoms with van der Waals surface area (Å²) in [5.74, 6) is 0.656. The van der Waals surface area contributed by atoms with Crippen molar-refractivity contribution in [1.29, 1.82) is 0 Å². The van der Waals surface area contributed by atoms with E-state index in [0.717, 1.165) is 50.0 Å². The van der Waals surface area contributed by atoms with Crippen molar-refractivity contribution in [2.75, 3.05) is 18.0 Å². The average molecular weight is 338 g/mol. The van der Waals surface area contributed by atoms with Crippen LogP contribution in [0.4, 0.5) is 5.95 Å². The molecule has 0 amide bonds. The first-order valence-electron chi connectivity index (χ1n) is 8.52. The summed E-state index contributed by atoms with van der Waals surface area (Å²) < 4.78 is 28.3. The number of nitrogens with one attached hydrogen (secondary N) is 1. The second kappa shape index (κ2) is 6.73. The number of aryl methyl sites for hydroxylation is 2. The third-order valence-electron chi connectivity index (χ3n) is 4.76. The predicted molar refractivity (Wildman–Crippen MR) is 91.1 cm³/mol. The van der Waals surface area contributed by atoms with E-state index in [0.29, 0.717) is 18.9 Å². The van der Waals surface area contributed by atoms with Crippen LogP contribution in [0.2, 0.25) is 0 Å². The second-order valence-corrected chi connectivity index (χ2v) is 8.80. The molecule has 1 aromatic heterocycles. The third kappa shape index (κ3) is 4.01. The van der Waals surface area contributed by atoms with Crippen LogP contribution in [0.3, 0.4) is 0 Å². The van der Waals surface area contributed by atoms with Crippen molar-refractivity contribution in [3.8, 4) is 0 Å². The van der Waals surface area contributed by atoms with E-state index < -0.39 is 10.0 Å². The van der Waals surface area contributed by atoms with Gasteiger partial charge in [0.2, 0.25) is 16.0 Å². The van der Waals surface area contributed by atoms with E-state index in [9.17, 15) is 8.42 Å². The van der Waals surface area contributed by atoms with Crippen LogP contribution < -0.4 is 9.62 Å². The highest BCUT2D eigenvalue weighted by Crippen LogP contribution is 2.24. The molecule has 1 aliphatic heterocycles. The molecule has 6 nitrogen and oxygen atoms in total. The molecule has 0 aromatic carbocycles. The molecule has 2 fully saturated rings. The highest BCUT2D eigenvalue weighted by atomic mass is 32.2. The first-order valence-corrected chi connectivity index (χ1v) is 10.1. The molecule has 0 radical (unpaired) electrons. The molecule has 1 N–H and O–H groups in total. The lowest BCUT2D eigenvalue weighted by atomic mass is 10.1. The molecule has 0 bridgehead atoms. The zero-order chi connectivity index (χ0) is 16.4. The second-order valence-electron chi connectivity index (χ2n) is 6.81. The molecule has 1 atom stereocenters. The van der Waals surface area contributed by atoms with E-state index in [-0.39, 0.29) is 11.3 Å². The van der Waals surface area contributed by atoms with Gasteiger partial charge in [-0.25, -0.2) is 23.1 Å². The lowest BCUT2D eigenvalue weighted by Crippen LogP contribution is -2.48. The van der Waals surface area contributed by atoms with Gasteiger partial charge in [0.15, 0.2) is 0 Å². The monoisotopic (exact) mass is 338 g/mol. The van der Waals surface area contributed by atoms with Crippen LogP contribution in [0.5, 0.6) is 0 Å². The number of anilines is 1. The molecule has 2 aliphatic rings. The van der Waals surface area contributed by atoms with Crippen LogP contribution in [0.25, 0.3) is 0 Å². The number of hydrogen-bond acceptors (Lipinski definition) is 5. The molecular formula is C16H26N4O2S. The third-order valence-corrected chi connectivity index (χ3v) is 6.68. The standard InChI is InChI=1S/C16H26N4O2S/c1-12-10-13(2)18-16(17-12)20-9-5-8-15(11-20)23(21,22)19-14-6-3-4-7-14/h10,14-15,19H,3-9,11H2,1-2H3/t15-/m0/s1. The summed E-state index contributed by atoms with van der Waals surface area (Å²) in [5, 5.41) is -0.374. The molecule has 1 saturated carbocycles. The van der Waals surface area contributed by atoms with Crippen molar-refractivity contribution in [3.05, 3.63) is 17.5 Å². The lowest BCUT2D eigenvalue weighted by molar-refractivity contribution is 0.503. The maximum atomic E-state index is 12.7. The SMILES string of the molecule is Cc1cc(C)nc(N2CCC[C@H](S(=O)(=O)NC3CCCC3)C2)n1. The largest absolute Gasteiger partial charge is 0.339 e. The Balaban J connectivity index is 1.72. The molecule has 1 saturated heterocycles. The molecule has 1 aromatic rings. The molecule has 0 unspecified atom stereocenters. The van der Waals surface area contributed by atoms with Crippen molar-refractivity contribution in [3.63, 3.8) is 0 Å². The maximum Gasteiger partial charge on any atom is 0.225 e. The Bertz CT molecular complexity index is 636. The highest BCUT2D eigenvalue weighted by molar-refractivity contribution is 7.90. The molecule has 2 heterocycles. The fourth-order valence-electron chi connectivity index (χ4n) is 3.59. The topological polar surface area (TPSA) is 75.2 Å². The Hall–Kier alpha value is -1.21. The number of hydrogen-bond donors (Lipinski definition) is 1. The Labute approximate surface area is 138 Å². The van der Waals surface area contributed by atoms with E-state index in [1.165, 1.54) is 0 Å².